The fourth-order valence-corrected chi connectivity index (χ4v) is 3.73. The Morgan fingerprint density at radius 2 is 2.10 bits per heavy atom. The largest absolute Gasteiger partial charge is 0.550 e. The molecule has 5 nitrogen and oxygen atoms in total. The highest BCUT2D eigenvalue weighted by molar-refractivity contribution is 6.30. The van der Waals surface area contributed by atoms with Crippen LogP contribution in [0.2, 0.25) is 5.02 Å². The first-order chi connectivity index (χ1) is 10.0. The molecule has 0 unspecified atom stereocenters. The number of hydrogen-bond donors (Lipinski definition) is 0. The summed E-state index contributed by atoms with van der Waals surface area (Å²) >= 11 is 5.85. The van der Waals surface area contributed by atoms with Gasteiger partial charge >= 0.3 is 0 Å². The van der Waals surface area contributed by atoms with Gasteiger partial charge in [0.1, 0.15) is 5.60 Å². The van der Waals surface area contributed by atoms with Gasteiger partial charge in [-0.05, 0) is 24.3 Å². The Morgan fingerprint density at radius 3 is 2.76 bits per heavy atom. The first kappa shape index (κ1) is 12.9. The highest BCUT2D eigenvalue weighted by Crippen LogP contribution is 2.52. The molecule has 1 aromatic carbocycles. The normalized spacial score (nSPS) is 36.3. The zero-order chi connectivity index (χ0) is 14.8. The first-order valence-electron chi connectivity index (χ1n) is 6.67. The minimum Gasteiger partial charge on any atom is -0.550 e. The van der Waals surface area contributed by atoms with Gasteiger partial charge < -0.3 is 19.5 Å². The fraction of sp³-hybridized carbons (Fsp3) is 0.333. The van der Waals surface area contributed by atoms with E-state index in [9.17, 15) is 14.7 Å². The molecule has 0 aromatic heterocycles. The van der Waals surface area contributed by atoms with Gasteiger partial charge in [0.25, 0.3) is 0 Å². The molecule has 2 bridgehead atoms. The number of rotatable bonds is 2. The Bertz CT molecular complexity index is 671. The van der Waals surface area contributed by atoms with Crippen molar-refractivity contribution in [3.05, 3.63) is 41.4 Å². The van der Waals surface area contributed by atoms with Crippen molar-refractivity contribution in [1.82, 2.24) is 0 Å². The Labute approximate surface area is 125 Å². The van der Waals surface area contributed by atoms with Crippen LogP contribution < -0.4 is 10.0 Å². The molecule has 0 N–H and O–H groups in total. The summed E-state index contributed by atoms with van der Waals surface area (Å²) in [7, 11) is 0. The van der Waals surface area contributed by atoms with Crippen molar-refractivity contribution in [3.8, 4) is 0 Å². The van der Waals surface area contributed by atoms with Crippen molar-refractivity contribution in [2.75, 3.05) is 11.4 Å². The second-order valence-electron chi connectivity index (χ2n) is 5.62. The molecule has 0 saturated carbocycles. The Balaban J connectivity index is 1.73. The summed E-state index contributed by atoms with van der Waals surface area (Å²) in [6.07, 6.45) is 2.97. The van der Waals surface area contributed by atoms with E-state index in [1.165, 1.54) is 0 Å². The maximum atomic E-state index is 12.7. The number of carbonyl (C=O) groups is 2. The lowest BCUT2D eigenvalue weighted by Gasteiger charge is -2.24. The second kappa shape index (κ2) is 4.08. The maximum Gasteiger partial charge on any atom is 0.234 e. The minimum atomic E-state index is -1.23. The average molecular weight is 305 g/mol. The maximum absolute atomic E-state index is 12.7. The van der Waals surface area contributed by atoms with Gasteiger partial charge in [0.05, 0.1) is 18.6 Å². The molecule has 0 radical (unpaired) electrons. The van der Waals surface area contributed by atoms with Crippen LogP contribution in [0.5, 0.6) is 0 Å². The van der Waals surface area contributed by atoms with Crippen molar-refractivity contribution >= 4 is 29.2 Å². The monoisotopic (exact) mass is 304 g/mol. The van der Waals surface area contributed by atoms with E-state index in [-0.39, 0.29) is 5.91 Å². The van der Waals surface area contributed by atoms with E-state index < -0.39 is 29.5 Å². The number of benzene rings is 1. The third-order valence-corrected chi connectivity index (χ3v) is 4.76. The molecule has 3 aliphatic rings. The van der Waals surface area contributed by atoms with Crippen LogP contribution >= 0.6 is 11.6 Å². The molecule has 21 heavy (non-hydrogen) atoms. The van der Waals surface area contributed by atoms with E-state index in [1.54, 1.807) is 35.2 Å². The molecular formula is C15H11ClNO4-. The molecule has 1 spiro atoms. The molecule has 1 aromatic rings. The molecule has 2 saturated heterocycles. The Morgan fingerprint density at radius 1 is 1.38 bits per heavy atom. The summed E-state index contributed by atoms with van der Waals surface area (Å²) < 4.78 is 5.78. The number of hydrogen-bond acceptors (Lipinski definition) is 4. The number of carbonyl (C=O) groups excluding carboxylic acids is 2. The van der Waals surface area contributed by atoms with E-state index in [0.29, 0.717) is 17.3 Å². The smallest absolute Gasteiger partial charge is 0.234 e. The van der Waals surface area contributed by atoms with E-state index in [2.05, 4.69) is 0 Å². The van der Waals surface area contributed by atoms with Gasteiger partial charge in [0, 0.05) is 22.6 Å². The van der Waals surface area contributed by atoms with E-state index in [1.807, 2.05) is 6.08 Å². The lowest BCUT2D eigenvalue weighted by Crippen LogP contribution is -2.45. The lowest BCUT2D eigenvalue weighted by molar-refractivity contribution is -0.313. The lowest BCUT2D eigenvalue weighted by atomic mass is 9.77. The van der Waals surface area contributed by atoms with Crippen LogP contribution in [0.1, 0.15) is 0 Å². The number of fused-ring (bicyclic) bond motifs is 1. The number of aliphatic carboxylic acids is 1. The fourth-order valence-electron chi connectivity index (χ4n) is 3.61. The van der Waals surface area contributed by atoms with Crippen LogP contribution in [0, 0.1) is 11.8 Å². The molecule has 6 heteroatoms. The number of nitrogens with zero attached hydrogens (tertiary/aromatic N) is 1. The second-order valence-corrected chi connectivity index (χ2v) is 6.06. The van der Waals surface area contributed by atoms with Gasteiger partial charge in [0.2, 0.25) is 5.91 Å². The van der Waals surface area contributed by atoms with Gasteiger partial charge in [-0.2, -0.15) is 0 Å². The van der Waals surface area contributed by atoms with E-state index in [4.69, 9.17) is 16.3 Å². The molecule has 108 valence electrons. The molecule has 0 aliphatic carbocycles. The number of amides is 1. The van der Waals surface area contributed by atoms with Crippen LogP contribution in [0.4, 0.5) is 5.69 Å². The van der Waals surface area contributed by atoms with E-state index in [0.717, 1.165) is 0 Å². The van der Waals surface area contributed by atoms with Crippen LogP contribution in [-0.4, -0.2) is 30.1 Å². The predicted octanol–water partition coefficient (Wildman–Crippen LogP) is 0.376. The third kappa shape index (κ3) is 1.61. The van der Waals surface area contributed by atoms with Gasteiger partial charge in [-0.25, -0.2) is 0 Å². The first-order valence-corrected chi connectivity index (χ1v) is 7.05. The van der Waals surface area contributed by atoms with Crippen LogP contribution in [0.15, 0.2) is 36.4 Å². The molecule has 4 atom stereocenters. The predicted molar refractivity (Wildman–Crippen MR) is 72.5 cm³/mol. The number of halogens is 1. The average Bonchev–Trinajstić information content (AvgIpc) is 3.08. The summed E-state index contributed by atoms with van der Waals surface area (Å²) in [5.74, 6) is -3.10. The SMILES string of the molecule is O=C([O-])[C@H]1[C@@H]2C=C[C@@]3(CN(c4ccc(Cl)cc4)C(=O)[C@@H]13)O2. The molecule has 3 aliphatic heterocycles. The van der Waals surface area contributed by atoms with E-state index >= 15 is 0 Å². The quantitative estimate of drug-likeness (QED) is 0.741. The number of ether oxygens (including phenoxy) is 1. The highest BCUT2D eigenvalue weighted by atomic mass is 35.5. The third-order valence-electron chi connectivity index (χ3n) is 4.51. The van der Waals surface area contributed by atoms with Crippen molar-refractivity contribution in [2.45, 2.75) is 11.7 Å². The Hall–Kier alpha value is -1.85. The Kier molecular flexibility index (Phi) is 2.50. The number of carboxylic acid groups (broad SMARTS) is 1. The molecule has 3 heterocycles. The summed E-state index contributed by atoms with van der Waals surface area (Å²) in [6, 6.07) is 6.87. The van der Waals surface area contributed by atoms with Crippen LogP contribution in [0.3, 0.4) is 0 Å². The summed E-state index contributed by atoms with van der Waals surface area (Å²) in [5, 5.41) is 11.9. The van der Waals surface area contributed by atoms with Gasteiger partial charge in [-0.15, -0.1) is 0 Å². The van der Waals surface area contributed by atoms with Crippen molar-refractivity contribution in [1.29, 1.82) is 0 Å². The number of carboxylic acids is 1. The highest BCUT2D eigenvalue weighted by Gasteiger charge is 2.65. The van der Waals surface area contributed by atoms with Crippen LogP contribution in [-0.2, 0) is 14.3 Å². The summed E-state index contributed by atoms with van der Waals surface area (Å²) in [4.78, 5) is 25.6. The number of anilines is 1. The minimum absolute atomic E-state index is 0.238. The zero-order valence-corrected chi connectivity index (χ0v) is 11.6. The van der Waals surface area contributed by atoms with Gasteiger partial charge in [-0.3, -0.25) is 4.79 Å². The van der Waals surface area contributed by atoms with Gasteiger partial charge in [-0.1, -0.05) is 23.8 Å². The molecule has 2 fully saturated rings. The van der Waals surface area contributed by atoms with Crippen molar-refractivity contribution in [3.63, 3.8) is 0 Å². The summed E-state index contributed by atoms with van der Waals surface area (Å²) in [6.45, 7) is 0.314. The molecular weight excluding hydrogens is 294 g/mol. The van der Waals surface area contributed by atoms with Crippen molar-refractivity contribution < 1.29 is 19.4 Å². The topological polar surface area (TPSA) is 69.7 Å². The van der Waals surface area contributed by atoms with Crippen LogP contribution in [0.25, 0.3) is 0 Å². The zero-order valence-electron chi connectivity index (χ0n) is 10.9. The van der Waals surface area contributed by atoms with Gasteiger partial charge in [0.15, 0.2) is 0 Å². The molecule has 4 rings (SSSR count). The van der Waals surface area contributed by atoms with Crippen molar-refractivity contribution in [2.24, 2.45) is 11.8 Å². The standard InChI is InChI=1S/C15H12ClNO4/c16-8-1-3-9(4-2-8)17-7-15-6-5-10(21-15)11(14(19)20)12(15)13(17)18/h1-6,10-12H,7H2,(H,19,20)/p-1/t10-,11-,12+,15-/m0/s1. The summed E-state index contributed by atoms with van der Waals surface area (Å²) in [5.41, 5.74) is -0.155. The molecule has 1 amide bonds.